The summed E-state index contributed by atoms with van der Waals surface area (Å²) in [6, 6.07) is 0. The molecule has 0 N–H and O–H groups in total. The molecule has 0 radical (unpaired) electrons. The first-order chi connectivity index (χ1) is 4.77. The molecule has 0 saturated heterocycles. The van der Waals surface area contributed by atoms with Crippen LogP contribution < -0.4 is 0 Å². The van der Waals surface area contributed by atoms with Crippen LogP contribution in [-0.4, -0.2) is 9.78 Å². The molecule has 2 nitrogen and oxygen atoms in total. The minimum atomic E-state index is 0.814. The minimum Gasteiger partial charge on any atom is -0.276 e. The zero-order valence-electron chi connectivity index (χ0n) is 6.41. The van der Waals surface area contributed by atoms with Crippen molar-refractivity contribution in [3.8, 4) is 0 Å². The third-order valence-electron chi connectivity index (χ3n) is 2.26. The number of hydrogen-bond acceptors (Lipinski definition) is 1. The van der Waals surface area contributed by atoms with E-state index in [1.807, 2.05) is 17.9 Å². The second-order valence-corrected chi connectivity index (χ2v) is 3.27. The molecular weight excluding hydrogens is 124 g/mol. The smallest absolute Gasteiger partial charge is 0.0524 e. The third-order valence-corrected chi connectivity index (χ3v) is 2.26. The van der Waals surface area contributed by atoms with Gasteiger partial charge in [-0.1, -0.05) is 6.92 Å². The van der Waals surface area contributed by atoms with Gasteiger partial charge in [0.25, 0.3) is 0 Å². The Morgan fingerprint density at radius 2 is 2.40 bits per heavy atom. The topological polar surface area (TPSA) is 17.8 Å². The van der Waals surface area contributed by atoms with Crippen molar-refractivity contribution in [1.82, 2.24) is 9.78 Å². The van der Waals surface area contributed by atoms with Crippen molar-refractivity contribution < 1.29 is 0 Å². The van der Waals surface area contributed by atoms with E-state index in [2.05, 4.69) is 18.2 Å². The van der Waals surface area contributed by atoms with Gasteiger partial charge in [-0.25, -0.2) is 0 Å². The predicted molar refractivity (Wildman–Crippen MR) is 39.7 cm³/mol. The summed E-state index contributed by atoms with van der Waals surface area (Å²) in [7, 11) is 1.97. The summed E-state index contributed by atoms with van der Waals surface area (Å²) in [6.07, 6.45) is 5.45. The Morgan fingerprint density at radius 1 is 1.70 bits per heavy atom. The second kappa shape index (κ2) is 1.84. The van der Waals surface area contributed by atoms with E-state index < -0.39 is 0 Å². The maximum Gasteiger partial charge on any atom is 0.0524 e. The molecule has 1 aromatic rings. The third kappa shape index (κ3) is 0.838. The Bertz CT molecular complexity index is 239. The van der Waals surface area contributed by atoms with E-state index in [9.17, 15) is 0 Å². The summed E-state index contributed by atoms with van der Waals surface area (Å²) in [5.74, 6) is 1.71. The number of aromatic nitrogens is 2. The van der Waals surface area contributed by atoms with Crippen molar-refractivity contribution in [2.75, 3.05) is 0 Å². The number of nitrogens with zero attached hydrogens (tertiary/aromatic N) is 2. The molecule has 2 rings (SSSR count). The van der Waals surface area contributed by atoms with Gasteiger partial charge in [0.05, 0.1) is 6.20 Å². The molecule has 0 amide bonds. The van der Waals surface area contributed by atoms with Crippen molar-refractivity contribution in [3.63, 3.8) is 0 Å². The van der Waals surface area contributed by atoms with Crippen molar-refractivity contribution in [2.45, 2.75) is 19.3 Å². The molecule has 10 heavy (non-hydrogen) atoms. The summed E-state index contributed by atoms with van der Waals surface area (Å²) in [5, 5.41) is 4.13. The lowest BCUT2D eigenvalue weighted by Crippen LogP contribution is -1.84. The highest BCUT2D eigenvalue weighted by molar-refractivity contribution is 5.19. The summed E-state index contributed by atoms with van der Waals surface area (Å²) >= 11 is 0. The summed E-state index contributed by atoms with van der Waals surface area (Å²) < 4.78 is 1.88. The van der Waals surface area contributed by atoms with Crippen LogP contribution in [0.3, 0.4) is 0 Å². The van der Waals surface area contributed by atoms with Crippen molar-refractivity contribution in [3.05, 3.63) is 18.0 Å². The van der Waals surface area contributed by atoms with Crippen LogP contribution in [0.25, 0.3) is 0 Å². The quantitative estimate of drug-likeness (QED) is 0.572. The maximum atomic E-state index is 4.13. The molecule has 1 aromatic heterocycles. The van der Waals surface area contributed by atoms with Crippen LogP contribution >= 0.6 is 0 Å². The first-order valence-electron chi connectivity index (χ1n) is 3.76. The maximum absolute atomic E-state index is 4.13. The molecule has 1 saturated carbocycles. The Morgan fingerprint density at radius 3 is 2.80 bits per heavy atom. The van der Waals surface area contributed by atoms with Gasteiger partial charge < -0.3 is 0 Å². The molecule has 1 aliphatic rings. The normalized spacial score (nSPS) is 30.6. The largest absolute Gasteiger partial charge is 0.276 e. The highest BCUT2D eigenvalue weighted by Gasteiger charge is 2.34. The summed E-state index contributed by atoms with van der Waals surface area (Å²) in [4.78, 5) is 0. The van der Waals surface area contributed by atoms with Crippen LogP contribution in [0.4, 0.5) is 0 Å². The van der Waals surface area contributed by atoms with Gasteiger partial charge in [0.15, 0.2) is 0 Å². The Kier molecular flexibility index (Phi) is 1.10. The lowest BCUT2D eigenvalue weighted by molar-refractivity contribution is 0.766. The van der Waals surface area contributed by atoms with E-state index in [0.717, 1.165) is 11.8 Å². The van der Waals surface area contributed by atoms with Crippen molar-refractivity contribution in [2.24, 2.45) is 13.0 Å². The fourth-order valence-electron chi connectivity index (χ4n) is 1.42. The average Bonchev–Trinajstić information content (AvgIpc) is 2.42. The Hall–Kier alpha value is -0.790. The fraction of sp³-hybridized carbons (Fsp3) is 0.625. The Labute approximate surface area is 60.9 Å². The zero-order valence-corrected chi connectivity index (χ0v) is 6.41. The first-order valence-corrected chi connectivity index (χ1v) is 3.76. The molecule has 0 aliphatic heterocycles. The second-order valence-electron chi connectivity index (χ2n) is 3.27. The molecule has 0 aromatic carbocycles. The van der Waals surface area contributed by atoms with Crippen LogP contribution in [0.5, 0.6) is 0 Å². The summed E-state index contributed by atoms with van der Waals surface area (Å²) in [5.41, 5.74) is 1.41. The molecule has 0 spiro atoms. The van der Waals surface area contributed by atoms with E-state index in [-0.39, 0.29) is 0 Å². The van der Waals surface area contributed by atoms with Gasteiger partial charge in [-0.3, -0.25) is 4.68 Å². The van der Waals surface area contributed by atoms with Gasteiger partial charge in [-0.15, -0.1) is 0 Å². The highest BCUT2D eigenvalue weighted by atomic mass is 15.2. The zero-order chi connectivity index (χ0) is 7.14. The lowest BCUT2D eigenvalue weighted by Gasteiger charge is -1.86. The molecule has 1 fully saturated rings. The van der Waals surface area contributed by atoms with Crippen LogP contribution in [0.1, 0.15) is 24.8 Å². The highest BCUT2D eigenvalue weighted by Crippen LogP contribution is 2.46. The number of aryl methyl sites for hydroxylation is 1. The van der Waals surface area contributed by atoms with Crippen LogP contribution in [0.2, 0.25) is 0 Å². The molecular formula is C8H12N2. The van der Waals surface area contributed by atoms with Gasteiger partial charge in [0, 0.05) is 13.2 Å². The average molecular weight is 136 g/mol. The molecule has 54 valence electrons. The molecule has 2 atom stereocenters. The first kappa shape index (κ1) is 5.96. The lowest BCUT2D eigenvalue weighted by atomic mass is 10.2. The van der Waals surface area contributed by atoms with Crippen LogP contribution in [0, 0.1) is 5.92 Å². The van der Waals surface area contributed by atoms with E-state index in [0.29, 0.717) is 0 Å². The van der Waals surface area contributed by atoms with Gasteiger partial charge in [-0.05, 0) is 23.8 Å². The molecule has 1 heterocycles. The monoisotopic (exact) mass is 136 g/mol. The van der Waals surface area contributed by atoms with Gasteiger partial charge in [0.2, 0.25) is 0 Å². The van der Waals surface area contributed by atoms with Crippen molar-refractivity contribution in [1.29, 1.82) is 0 Å². The standard InChI is InChI=1S/C8H12N2/c1-6-3-8(6)7-4-9-10(2)5-7/h4-6,8H,3H2,1-2H3/t6-,8-/m1/s1. The van der Waals surface area contributed by atoms with Crippen LogP contribution in [0.15, 0.2) is 12.4 Å². The molecule has 2 heteroatoms. The molecule has 1 aliphatic carbocycles. The SMILES string of the molecule is C[C@@H]1C[C@H]1c1cnn(C)c1. The Balaban J connectivity index is 2.20. The number of hydrogen-bond donors (Lipinski definition) is 0. The van der Waals surface area contributed by atoms with Gasteiger partial charge in [-0.2, -0.15) is 5.10 Å². The number of rotatable bonds is 1. The predicted octanol–water partition coefficient (Wildman–Crippen LogP) is 1.54. The van der Waals surface area contributed by atoms with E-state index in [1.165, 1.54) is 12.0 Å². The minimum absolute atomic E-state index is 0.814. The van der Waals surface area contributed by atoms with Crippen molar-refractivity contribution >= 4 is 0 Å². The van der Waals surface area contributed by atoms with Crippen LogP contribution in [-0.2, 0) is 7.05 Å². The van der Waals surface area contributed by atoms with E-state index in [1.54, 1.807) is 0 Å². The van der Waals surface area contributed by atoms with E-state index in [4.69, 9.17) is 0 Å². The van der Waals surface area contributed by atoms with Gasteiger partial charge in [0.1, 0.15) is 0 Å². The van der Waals surface area contributed by atoms with Gasteiger partial charge >= 0.3 is 0 Å². The van der Waals surface area contributed by atoms with E-state index >= 15 is 0 Å². The molecule has 0 unspecified atom stereocenters. The fourth-order valence-corrected chi connectivity index (χ4v) is 1.42. The molecule has 0 bridgehead atoms. The summed E-state index contributed by atoms with van der Waals surface area (Å²) in [6.45, 7) is 2.29.